The van der Waals surface area contributed by atoms with Crippen LogP contribution in [0.4, 0.5) is 5.82 Å². The largest absolute Gasteiger partial charge is 0.372 e. The van der Waals surface area contributed by atoms with Crippen LogP contribution in [0.1, 0.15) is 0 Å². The molecule has 2 heterocycles. The van der Waals surface area contributed by atoms with Gasteiger partial charge in [-0.3, -0.25) is 4.98 Å². The average Bonchev–Trinajstić information content (AvgIpc) is 2.31. The van der Waals surface area contributed by atoms with Gasteiger partial charge in [-0.25, -0.2) is 9.97 Å². The molecule has 2 aromatic rings. The Balaban J connectivity index is 2.46. The van der Waals surface area contributed by atoms with Crippen molar-refractivity contribution in [3.63, 3.8) is 0 Å². The minimum absolute atomic E-state index is 0.685. The Morgan fingerprint density at radius 3 is 2.67 bits per heavy atom. The fourth-order valence-electron chi connectivity index (χ4n) is 1.18. The fraction of sp³-hybridized carbons (Fsp3) is 0.100. The molecule has 76 valence electrons. The maximum atomic E-state index is 4.36. The lowest BCUT2D eigenvalue weighted by Gasteiger charge is -2.04. The molecular formula is C10H9BrN4. The van der Waals surface area contributed by atoms with Crippen molar-refractivity contribution in [1.29, 1.82) is 0 Å². The van der Waals surface area contributed by atoms with Gasteiger partial charge in [-0.2, -0.15) is 0 Å². The van der Waals surface area contributed by atoms with Crippen molar-refractivity contribution in [2.24, 2.45) is 0 Å². The maximum absolute atomic E-state index is 4.36. The van der Waals surface area contributed by atoms with Crippen LogP contribution < -0.4 is 5.32 Å². The first-order valence-electron chi connectivity index (χ1n) is 4.42. The highest BCUT2D eigenvalue weighted by Gasteiger charge is 2.04. The molecule has 0 aromatic carbocycles. The molecular weight excluding hydrogens is 256 g/mol. The number of rotatable bonds is 2. The Hall–Kier alpha value is -1.49. The van der Waals surface area contributed by atoms with Crippen molar-refractivity contribution in [2.45, 2.75) is 0 Å². The topological polar surface area (TPSA) is 50.7 Å². The minimum atomic E-state index is 0.685. The van der Waals surface area contributed by atoms with Crippen LogP contribution in [0.2, 0.25) is 0 Å². The van der Waals surface area contributed by atoms with E-state index in [1.54, 1.807) is 18.6 Å². The van der Waals surface area contributed by atoms with E-state index in [0.29, 0.717) is 5.82 Å². The summed E-state index contributed by atoms with van der Waals surface area (Å²) < 4.78 is 0.850. The van der Waals surface area contributed by atoms with E-state index in [0.717, 1.165) is 15.9 Å². The van der Waals surface area contributed by atoms with Gasteiger partial charge >= 0.3 is 0 Å². The van der Waals surface area contributed by atoms with E-state index in [1.807, 2.05) is 19.2 Å². The number of nitrogens with zero attached hydrogens (tertiary/aromatic N) is 3. The molecule has 1 N–H and O–H groups in total. The Morgan fingerprint density at radius 1 is 1.27 bits per heavy atom. The first kappa shape index (κ1) is 10.0. The van der Waals surface area contributed by atoms with E-state index >= 15 is 0 Å². The molecule has 0 aliphatic heterocycles. The summed E-state index contributed by atoms with van der Waals surface area (Å²) in [6, 6.07) is 3.76. The van der Waals surface area contributed by atoms with Gasteiger partial charge in [0, 0.05) is 31.2 Å². The molecule has 0 saturated heterocycles. The summed E-state index contributed by atoms with van der Waals surface area (Å²) in [5.41, 5.74) is 0.953. The summed E-state index contributed by atoms with van der Waals surface area (Å²) in [5.74, 6) is 1.46. The van der Waals surface area contributed by atoms with Gasteiger partial charge in [0.2, 0.25) is 0 Å². The molecule has 0 saturated carbocycles. The first-order valence-corrected chi connectivity index (χ1v) is 5.21. The first-order chi connectivity index (χ1) is 7.31. The lowest BCUT2D eigenvalue weighted by atomic mass is 10.2. The zero-order valence-electron chi connectivity index (χ0n) is 8.11. The fourth-order valence-corrected chi connectivity index (χ4v) is 1.57. The number of anilines is 1. The summed E-state index contributed by atoms with van der Waals surface area (Å²) in [7, 11) is 1.82. The molecule has 0 atom stereocenters. The summed E-state index contributed by atoms with van der Waals surface area (Å²) in [6.07, 6.45) is 5.17. The SMILES string of the molecule is CNc1nc(-c2ccncc2)ncc1Br. The Kier molecular flexibility index (Phi) is 2.91. The molecule has 0 amide bonds. The molecule has 0 aliphatic rings. The lowest BCUT2D eigenvalue weighted by molar-refractivity contribution is 1.15. The van der Waals surface area contributed by atoms with Gasteiger partial charge in [-0.1, -0.05) is 0 Å². The molecule has 0 radical (unpaired) electrons. The normalized spacial score (nSPS) is 10.0. The second kappa shape index (κ2) is 4.35. The van der Waals surface area contributed by atoms with Crippen LogP contribution in [-0.4, -0.2) is 22.0 Å². The van der Waals surface area contributed by atoms with E-state index in [1.165, 1.54) is 0 Å². The molecule has 0 unspecified atom stereocenters. The highest BCUT2D eigenvalue weighted by molar-refractivity contribution is 9.10. The van der Waals surface area contributed by atoms with Crippen molar-refractivity contribution >= 4 is 21.7 Å². The minimum Gasteiger partial charge on any atom is -0.372 e. The van der Waals surface area contributed by atoms with Gasteiger partial charge in [-0.15, -0.1) is 0 Å². The van der Waals surface area contributed by atoms with Crippen molar-refractivity contribution in [3.8, 4) is 11.4 Å². The summed E-state index contributed by atoms with van der Waals surface area (Å²) >= 11 is 3.36. The van der Waals surface area contributed by atoms with Gasteiger partial charge in [0.05, 0.1) is 4.47 Å². The Bertz CT molecular complexity index is 458. The monoisotopic (exact) mass is 264 g/mol. The summed E-state index contributed by atoms with van der Waals surface area (Å²) in [5, 5.41) is 2.99. The highest BCUT2D eigenvalue weighted by Crippen LogP contribution is 2.22. The molecule has 2 rings (SSSR count). The van der Waals surface area contributed by atoms with E-state index in [9.17, 15) is 0 Å². The molecule has 0 spiro atoms. The molecule has 4 nitrogen and oxygen atoms in total. The van der Waals surface area contributed by atoms with Crippen molar-refractivity contribution in [1.82, 2.24) is 15.0 Å². The van der Waals surface area contributed by atoms with Gasteiger partial charge in [-0.05, 0) is 28.1 Å². The van der Waals surface area contributed by atoms with Gasteiger partial charge in [0.15, 0.2) is 5.82 Å². The standard InChI is InChI=1S/C10H9BrN4/c1-12-10-8(11)6-14-9(15-10)7-2-4-13-5-3-7/h2-6H,1H3,(H,12,14,15). The molecule has 0 aliphatic carbocycles. The zero-order valence-corrected chi connectivity index (χ0v) is 9.69. The average molecular weight is 265 g/mol. The summed E-state index contributed by atoms with van der Waals surface area (Å²) in [6.45, 7) is 0. The van der Waals surface area contributed by atoms with Crippen LogP contribution >= 0.6 is 15.9 Å². The number of aromatic nitrogens is 3. The smallest absolute Gasteiger partial charge is 0.161 e. The highest BCUT2D eigenvalue weighted by atomic mass is 79.9. The van der Waals surface area contributed by atoms with Crippen LogP contribution in [0.3, 0.4) is 0 Å². The quantitative estimate of drug-likeness (QED) is 0.905. The molecule has 5 heteroatoms. The third-order valence-electron chi connectivity index (χ3n) is 1.92. The predicted molar refractivity (Wildman–Crippen MR) is 62.5 cm³/mol. The molecule has 0 fully saturated rings. The third-order valence-corrected chi connectivity index (χ3v) is 2.50. The number of hydrogen-bond acceptors (Lipinski definition) is 4. The number of hydrogen-bond donors (Lipinski definition) is 1. The lowest BCUT2D eigenvalue weighted by Crippen LogP contribution is -1.97. The number of halogens is 1. The second-order valence-corrected chi connectivity index (χ2v) is 3.73. The van der Waals surface area contributed by atoms with Crippen LogP contribution in [0.25, 0.3) is 11.4 Å². The number of nitrogens with one attached hydrogen (secondary N) is 1. The van der Waals surface area contributed by atoms with E-state index in [4.69, 9.17) is 0 Å². The number of pyridine rings is 1. The van der Waals surface area contributed by atoms with Crippen molar-refractivity contribution in [3.05, 3.63) is 35.2 Å². The Labute approximate surface area is 95.9 Å². The van der Waals surface area contributed by atoms with Crippen molar-refractivity contribution < 1.29 is 0 Å². The molecule has 0 bridgehead atoms. The van der Waals surface area contributed by atoms with Gasteiger partial charge in [0.25, 0.3) is 0 Å². The molecule has 2 aromatic heterocycles. The van der Waals surface area contributed by atoms with Gasteiger partial charge in [0.1, 0.15) is 5.82 Å². The zero-order chi connectivity index (χ0) is 10.7. The van der Waals surface area contributed by atoms with Crippen LogP contribution in [0, 0.1) is 0 Å². The predicted octanol–water partition coefficient (Wildman–Crippen LogP) is 2.34. The van der Waals surface area contributed by atoms with E-state index in [-0.39, 0.29) is 0 Å². The van der Waals surface area contributed by atoms with Crippen LogP contribution in [0.5, 0.6) is 0 Å². The van der Waals surface area contributed by atoms with Gasteiger partial charge < -0.3 is 5.32 Å². The Morgan fingerprint density at radius 2 is 2.00 bits per heavy atom. The van der Waals surface area contributed by atoms with E-state index < -0.39 is 0 Å². The van der Waals surface area contributed by atoms with Crippen LogP contribution in [0.15, 0.2) is 35.2 Å². The third kappa shape index (κ3) is 2.12. The second-order valence-electron chi connectivity index (χ2n) is 2.88. The molecule has 15 heavy (non-hydrogen) atoms. The summed E-state index contributed by atoms with van der Waals surface area (Å²) in [4.78, 5) is 12.5. The van der Waals surface area contributed by atoms with Crippen LogP contribution in [-0.2, 0) is 0 Å². The van der Waals surface area contributed by atoms with Crippen molar-refractivity contribution in [2.75, 3.05) is 12.4 Å². The van der Waals surface area contributed by atoms with E-state index in [2.05, 4.69) is 36.2 Å². The maximum Gasteiger partial charge on any atom is 0.161 e.